The van der Waals surface area contributed by atoms with Crippen molar-refractivity contribution in [2.45, 2.75) is 13.3 Å². The minimum Gasteiger partial charge on any atom is -0.545 e. The predicted molar refractivity (Wildman–Crippen MR) is 28.4 cm³/mol. The van der Waals surface area contributed by atoms with Crippen LogP contribution in [0.15, 0.2) is 11.6 Å². The molecule has 0 saturated heterocycles. The molecule has 0 fully saturated rings. The van der Waals surface area contributed by atoms with Gasteiger partial charge in [-0.05, 0) is 18.1 Å². The summed E-state index contributed by atoms with van der Waals surface area (Å²) in [6, 6.07) is 0. The summed E-state index contributed by atoms with van der Waals surface area (Å²) in [6.45, 7) is 1.52. The molecule has 0 rings (SSSR count). The number of hydrogen-bond donors (Lipinski definition) is 0. The molecule has 10 heavy (non-hydrogen) atoms. The molecule has 0 spiro atoms. The molecule has 56 valence electrons. The Balaban J connectivity index is 4.34. The van der Waals surface area contributed by atoms with Crippen molar-refractivity contribution in [2.24, 2.45) is 0 Å². The summed E-state index contributed by atoms with van der Waals surface area (Å²) in [6.07, 6.45) is 0.644. The number of rotatable bonds is 3. The van der Waals surface area contributed by atoms with Crippen LogP contribution in [0.2, 0.25) is 0 Å². The normalized spacial score (nSPS) is 11.1. The fourth-order valence-electron chi connectivity index (χ4n) is 0.448. The van der Waals surface area contributed by atoms with E-state index < -0.39 is 11.9 Å². The third-order valence-corrected chi connectivity index (χ3v) is 0.935. The summed E-state index contributed by atoms with van der Waals surface area (Å²) in [5, 5.41) is 19.8. The maximum Gasteiger partial charge on any atom is 0.0675 e. The Morgan fingerprint density at radius 1 is 1.40 bits per heavy atom. The zero-order valence-electron chi connectivity index (χ0n) is 5.42. The van der Waals surface area contributed by atoms with E-state index >= 15 is 0 Å². The van der Waals surface area contributed by atoms with Crippen molar-refractivity contribution in [3.63, 3.8) is 0 Å². The van der Waals surface area contributed by atoms with E-state index in [-0.39, 0.29) is 12.0 Å². The van der Waals surface area contributed by atoms with Crippen LogP contribution in [0.3, 0.4) is 0 Å². The van der Waals surface area contributed by atoms with Crippen molar-refractivity contribution < 1.29 is 19.8 Å². The average molecular weight is 142 g/mol. The summed E-state index contributed by atoms with van der Waals surface area (Å²) < 4.78 is 0. The summed E-state index contributed by atoms with van der Waals surface area (Å²) in [4.78, 5) is 19.8. The van der Waals surface area contributed by atoms with E-state index in [0.717, 1.165) is 0 Å². The van der Waals surface area contributed by atoms with Crippen LogP contribution in [0.25, 0.3) is 0 Å². The lowest BCUT2D eigenvalue weighted by molar-refractivity contribution is -0.303. The van der Waals surface area contributed by atoms with E-state index in [1.54, 1.807) is 0 Å². The van der Waals surface area contributed by atoms with Gasteiger partial charge in [-0.25, -0.2) is 0 Å². The summed E-state index contributed by atoms with van der Waals surface area (Å²) in [5.41, 5.74) is -0.264. The lowest BCUT2D eigenvalue weighted by Crippen LogP contribution is -2.27. The maximum atomic E-state index is 10.00. The minimum atomic E-state index is -1.51. The molecule has 4 nitrogen and oxygen atoms in total. The zero-order chi connectivity index (χ0) is 8.15. The minimum absolute atomic E-state index is 0.121. The van der Waals surface area contributed by atoms with Crippen molar-refractivity contribution in [2.75, 3.05) is 0 Å². The number of aliphatic carboxylic acids is 2. The van der Waals surface area contributed by atoms with Crippen molar-refractivity contribution >= 4 is 11.9 Å². The van der Waals surface area contributed by atoms with Crippen molar-refractivity contribution in [1.82, 2.24) is 0 Å². The average Bonchev–Trinajstić information content (AvgIpc) is 1.81. The van der Waals surface area contributed by atoms with Crippen LogP contribution in [-0.2, 0) is 9.59 Å². The summed E-state index contributed by atoms with van der Waals surface area (Å²) in [5.74, 6) is -2.98. The molecule has 4 heteroatoms. The lowest BCUT2D eigenvalue weighted by Gasteiger charge is -2.04. The van der Waals surface area contributed by atoms with Gasteiger partial charge in [0.25, 0.3) is 0 Å². The van der Waals surface area contributed by atoms with Gasteiger partial charge in [0.2, 0.25) is 0 Å². The second-order valence-electron chi connectivity index (χ2n) is 1.63. The first-order valence-electron chi connectivity index (χ1n) is 2.70. The Hall–Kier alpha value is -1.32. The molecule has 0 radical (unpaired) electrons. The van der Waals surface area contributed by atoms with E-state index in [0.29, 0.717) is 6.08 Å². The van der Waals surface area contributed by atoms with Gasteiger partial charge in [0.05, 0.1) is 11.9 Å². The Kier molecular flexibility index (Phi) is 3.17. The van der Waals surface area contributed by atoms with E-state index in [1.807, 2.05) is 0 Å². The quantitative estimate of drug-likeness (QED) is 0.420. The van der Waals surface area contributed by atoms with Gasteiger partial charge in [0.1, 0.15) is 0 Å². The van der Waals surface area contributed by atoms with Gasteiger partial charge in [0, 0.05) is 0 Å². The van der Waals surface area contributed by atoms with Crippen molar-refractivity contribution in [3.05, 3.63) is 11.6 Å². The first kappa shape index (κ1) is 8.68. The van der Waals surface area contributed by atoms with Crippen LogP contribution >= 0.6 is 0 Å². The van der Waals surface area contributed by atoms with Crippen LogP contribution < -0.4 is 10.2 Å². The van der Waals surface area contributed by atoms with Crippen LogP contribution in [0.1, 0.15) is 13.3 Å². The van der Waals surface area contributed by atoms with Gasteiger partial charge in [-0.3, -0.25) is 0 Å². The first-order chi connectivity index (χ1) is 4.57. The molecule has 0 aromatic heterocycles. The van der Waals surface area contributed by atoms with Crippen molar-refractivity contribution in [1.29, 1.82) is 0 Å². The number of carboxylic acids is 2. The third kappa shape index (κ3) is 2.86. The number of carboxylic acid groups (broad SMARTS) is 2. The van der Waals surface area contributed by atoms with Gasteiger partial charge < -0.3 is 19.8 Å². The Bertz CT molecular complexity index is 180. The van der Waals surface area contributed by atoms with Gasteiger partial charge in [-0.1, -0.05) is 6.92 Å². The van der Waals surface area contributed by atoms with E-state index in [4.69, 9.17) is 0 Å². The van der Waals surface area contributed by atoms with Crippen LogP contribution in [0, 0.1) is 0 Å². The molecule has 0 bridgehead atoms. The molecule has 0 aliphatic carbocycles. The topological polar surface area (TPSA) is 80.3 Å². The standard InChI is InChI=1S/C6H8O4/c1-2-4(6(9)10)3-5(7)8/h3H,2H2,1H3,(H,7,8)(H,9,10)/p-2/b4-3-. The second-order valence-corrected chi connectivity index (χ2v) is 1.63. The van der Waals surface area contributed by atoms with E-state index in [1.165, 1.54) is 6.92 Å². The molecule has 0 N–H and O–H groups in total. The fourth-order valence-corrected chi connectivity index (χ4v) is 0.448. The smallest absolute Gasteiger partial charge is 0.0675 e. The first-order valence-corrected chi connectivity index (χ1v) is 2.70. The maximum absolute atomic E-state index is 10.00. The third-order valence-electron chi connectivity index (χ3n) is 0.935. The number of hydrogen-bond acceptors (Lipinski definition) is 4. The highest BCUT2D eigenvalue weighted by Crippen LogP contribution is 1.96. The Morgan fingerprint density at radius 3 is 2.00 bits per heavy atom. The largest absolute Gasteiger partial charge is 0.545 e. The molecule has 0 aliphatic rings. The molecule has 0 heterocycles. The van der Waals surface area contributed by atoms with E-state index in [9.17, 15) is 19.8 Å². The molecule has 0 unspecified atom stereocenters. The molecule has 0 amide bonds. The van der Waals surface area contributed by atoms with E-state index in [2.05, 4.69) is 0 Å². The highest BCUT2D eigenvalue weighted by atomic mass is 16.4. The van der Waals surface area contributed by atoms with Crippen LogP contribution in [-0.4, -0.2) is 11.9 Å². The Labute approximate surface area is 57.8 Å². The fraction of sp³-hybridized carbons (Fsp3) is 0.333. The number of carbonyl (C=O) groups is 2. The summed E-state index contributed by atoms with van der Waals surface area (Å²) >= 11 is 0. The van der Waals surface area contributed by atoms with Gasteiger partial charge in [-0.2, -0.15) is 0 Å². The molecule has 0 aliphatic heterocycles. The molecule has 0 saturated carbocycles. The predicted octanol–water partition coefficient (Wildman–Crippen LogP) is -2.18. The highest BCUT2D eigenvalue weighted by molar-refractivity contribution is 5.92. The summed E-state index contributed by atoms with van der Waals surface area (Å²) in [7, 11) is 0. The SMILES string of the molecule is CC/C(=C/C(=O)[O-])C(=O)[O-]. The van der Waals surface area contributed by atoms with Crippen LogP contribution in [0.4, 0.5) is 0 Å². The van der Waals surface area contributed by atoms with Gasteiger partial charge in [0.15, 0.2) is 0 Å². The van der Waals surface area contributed by atoms with Crippen LogP contribution in [0.5, 0.6) is 0 Å². The Morgan fingerprint density at radius 2 is 1.90 bits per heavy atom. The molecular weight excluding hydrogens is 136 g/mol. The monoisotopic (exact) mass is 142 g/mol. The second kappa shape index (κ2) is 3.66. The number of carbonyl (C=O) groups excluding carboxylic acids is 2. The molecular formula is C6H6O4-2. The molecule has 0 atom stereocenters. The molecule has 0 aromatic carbocycles. The zero-order valence-corrected chi connectivity index (χ0v) is 5.42. The van der Waals surface area contributed by atoms with Gasteiger partial charge in [-0.15, -0.1) is 0 Å². The highest BCUT2D eigenvalue weighted by Gasteiger charge is 1.92. The lowest BCUT2D eigenvalue weighted by atomic mass is 10.2. The van der Waals surface area contributed by atoms with Gasteiger partial charge >= 0.3 is 0 Å². The molecule has 0 aromatic rings. The van der Waals surface area contributed by atoms with Crippen molar-refractivity contribution in [3.8, 4) is 0 Å².